The van der Waals surface area contributed by atoms with Crippen molar-refractivity contribution in [3.63, 3.8) is 0 Å². The zero-order chi connectivity index (χ0) is 26.1. The lowest BCUT2D eigenvalue weighted by molar-refractivity contribution is -0.117. The van der Waals surface area contributed by atoms with E-state index < -0.39 is 0 Å². The van der Waals surface area contributed by atoms with E-state index >= 15 is 0 Å². The molecule has 2 aliphatic rings. The fourth-order valence-electron chi connectivity index (χ4n) is 4.83. The fraction of sp³-hybridized carbons (Fsp3) is 0.385. The number of nitrogens with zero attached hydrogens (tertiary/aromatic N) is 6. The first-order valence-corrected chi connectivity index (χ1v) is 13.6. The van der Waals surface area contributed by atoms with E-state index in [0.29, 0.717) is 40.9 Å². The second kappa shape index (κ2) is 10.5. The van der Waals surface area contributed by atoms with Gasteiger partial charge in [-0.2, -0.15) is 9.97 Å². The molecule has 0 spiro atoms. The molecule has 3 aromatic heterocycles. The number of carbonyl (C=O) groups excluding carboxylic acids is 1. The van der Waals surface area contributed by atoms with Crippen molar-refractivity contribution in [2.24, 2.45) is 0 Å². The first-order valence-electron chi connectivity index (χ1n) is 12.8. The first-order chi connectivity index (χ1) is 18.5. The maximum atomic E-state index is 12.6. The molecule has 0 bridgehead atoms. The Hall–Kier alpha value is -3.90. The summed E-state index contributed by atoms with van der Waals surface area (Å²) in [5.74, 6) is 2.40. The smallest absolute Gasteiger partial charge is 0.259 e. The number of aliphatic hydroxyl groups is 1. The van der Waals surface area contributed by atoms with Crippen LogP contribution in [0.3, 0.4) is 0 Å². The van der Waals surface area contributed by atoms with E-state index in [1.807, 2.05) is 37.3 Å². The highest BCUT2D eigenvalue weighted by Gasteiger charge is 2.31. The van der Waals surface area contributed by atoms with Crippen LogP contribution in [0.4, 0.5) is 22.7 Å². The summed E-state index contributed by atoms with van der Waals surface area (Å²) in [5.41, 5.74) is 0.848. The highest BCUT2D eigenvalue weighted by molar-refractivity contribution is 7.18. The van der Waals surface area contributed by atoms with Crippen molar-refractivity contribution in [2.45, 2.75) is 63.6 Å². The van der Waals surface area contributed by atoms with Gasteiger partial charge in [0, 0.05) is 30.1 Å². The highest BCUT2D eigenvalue weighted by Crippen LogP contribution is 2.33. The Balaban J connectivity index is 1.24. The second-order valence-corrected chi connectivity index (χ2v) is 10.7. The number of hydrogen-bond donors (Lipinski definition) is 3. The van der Waals surface area contributed by atoms with Crippen molar-refractivity contribution < 1.29 is 14.3 Å². The average molecular weight is 533 g/mol. The zero-order valence-electron chi connectivity index (χ0n) is 20.9. The zero-order valence-corrected chi connectivity index (χ0v) is 21.7. The lowest BCUT2D eigenvalue weighted by Gasteiger charge is -2.27. The van der Waals surface area contributed by atoms with Gasteiger partial charge in [0.1, 0.15) is 16.5 Å². The normalized spacial score (nSPS) is 21.6. The van der Waals surface area contributed by atoms with E-state index in [1.54, 1.807) is 17.2 Å². The van der Waals surface area contributed by atoms with Crippen molar-refractivity contribution >= 4 is 40.0 Å². The van der Waals surface area contributed by atoms with Crippen LogP contribution in [0, 0.1) is 0 Å². The predicted molar refractivity (Wildman–Crippen MR) is 144 cm³/mol. The van der Waals surface area contributed by atoms with Gasteiger partial charge in [0.25, 0.3) is 5.89 Å². The molecular formula is C26H28N8O3S. The van der Waals surface area contributed by atoms with Crippen LogP contribution in [0.5, 0.6) is 0 Å². The standard InChI is InChI=1S/C26H28N8O3S/c1-15-7-12-22(36)34(15)21-13-20(29-25(31-21)28-17-8-10-18(35)11-9-17)30-26-27-14-19(38-26)24-33-32-23(37-24)16-5-3-2-4-6-16/h2-6,13-15,17-18,35H,7-12H2,1H3,(H2,27,28,29,30,31). The molecule has 1 saturated carbocycles. The number of anilines is 4. The molecule has 1 aliphatic heterocycles. The van der Waals surface area contributed by atoms with Gasteiger partial charge in [0.2, 0.25) is 17.7 Å². The van der Waals surface area contributed by atoms with E-state index in [0.717, 1.165) is 42.5 Å². The van der Waals surface area contributed by atoms with Gasteiger partial charge in [-0.25, -0.2) is 4.98 Å². The van der Waals surface area contributed by atoms with Crippen LogP contribution in [0.25, 0.3) is 22.2 Å². The van der Waals surface area contributed by atoms with Crippen molar-refractivity contribution in [1.29, 1.82) is 0 Å². The fourth-order valence-corrected chi connectivity index (χ4v) is 5.58. The van der Waals surface area contributed by atoms with Crippen LogP contribution in [-0.2, 0) is 4.79 Å². The predicted octanol–water partition coefficient (Wildman–Crippen LogP) is 4.62. The highest BCUT2D eigenvalue weighted by atomic mass is 32.1. The molecule has 4 aromatic rings. The molecular weight excluding hydrogens is 504 g/mol. The summed E-state index contributed by atoms with van der Waals surface area (Å²) in [4.78, 5) is 28.9. The maximum Gasteiger partial charge on any atom is 0.259 e. The molecule has 4 heterocycles. The molecule has 3 N–H and O–H groups in total. The minimum atomic E-state index is -0.248. The van der Waals surface area contributed by atoms with Crippen LogP contribution in [0.1, 0.15) is 45.4 Å². The molecule has 1 amide bonds. The molecule has 1 atom stereocenters. The summed E-state index contributed by atoms with van der Waals surface area (Å²) in [5, 5.41) is 25.5. The summed E-state index contributed by atoms with van der Waals surface area (Å²) < 4.78 is 5.86. The van der Waals surface area contributed by atoms with Crippen LogP contribution in [-0.4, -0.2) is 54.4 Å². The van der Waals surface area contributed by atoms with Crippen LogP contribution in [0.2, 0.25) is 0 Å². The van der Waals surface area contributed by atoms with Crippen LogP contribution < -0.4 is 15.5 Å². The third kappa shape index (κ3) is 5.22. The topological polar surface area (TPSA) is 142 Å². The van der Waals surface area contributed by atoms with E-state index in [-0.39, 0.29) is 24.1 Å². The second-order valence-electron chi connectivity index (χ2n) is 9.67. The summed E-state index contributed by atoms with van der Waals surface area (Å²) in [7, 11) is 0. The molecule has 12 heteroatoms. The van der Waals surface area contributed by atoms with E-state index in [2.05, 4.69) is 35.8 Å². The SMILES string of the molecule is CC1CCC(=O)N1c1cc(Nc2ncc(-c3nnc(-c4ccccc4)o3)s2)nc(NC2CCC(O)CC2)n1. The van der Waals surface area contributed by atoms with Gasteiger partial charge in [-0.15, -0.1) is 10.2 Å². The molecule has 0 radical (unpaired) electrons. The number of benzene rings is 1. The number of hydrogen-bond acceptors (Lipinski definition) is 11. The molecule has 38 heavy (non-hydrogen) atoms. The van der Waals surface area contributed by atoms with Crippen LogP contribution >= 0.6 is 11.3 Å². The molecule has 196 valence electrons. The minimum Gasteiger partial charge on any atom is -0.415 e. The molecule has 6 rings (SSSR count). The van der Waals surface area contributed by atoms with Gasteiger partial charge in [-0.05, 0) is 51.2 Å². The maximum absolute atomic E-state index is 12.6. The van der Waals surface area contributed by atoms with Gasteiger partial charge in [0.15, 0.2) is 5.13 Å². The number of carbonyl (C=O) groups is 1. The Morgan fingerprint density at radius 1 is 1.05 bits per heavy atom. The van der Waals surface area contributed by atoms with Crippen molar-refractivity contribution in [3.8, 4) is 22.2 Å². The number of thiazole rings is 1. The van der Waals surface area contributed by atoms with Crippen molar-refractivity contribution in [3.05, 3.63) is 42.6 Å². The van der Waals surface area contributed by atoms with Gasteiger partial charge in [-0.1, -0.05) is 29.5 Å². The third-order valence-electron chi connectivity index (χ3n) is 6.87. The molecule has 1 saturated heterocycles. The Morgan fingerprint density at radius 2 is 1.84 bits per heavy atom. The monoisotopic (exact) mass is 532 g/mol. The number of nitrogens with one attached hydrogen (secondary N) is 2. The minimum absolute atomic E-state index is 0.0519. The van der Waals surface area contributed by atoms with Crippen LogP contribution in [0.15, 0.2) is 47.0 Å². The molecule has 1 aromatic carbocycles. The lowest BCUT2D eigenvalue weighted by Crippen LogP contribution is -2.32. The average Bonchev–Trinajstić information content (AvgIpc) is 3.66. The molecule has 11 nitrogen and oxygen atoms in total. The van der Waals surface area contributed by atoms with E-state index in [4.69, 9.17) is 4.42 Å². The van der Waals surface area contributed by atoms with Gasteiger partial charge in [-0.3, -0.25) is 9.69 Å². The van der Waals surface area contributed by atoms with Gasteiger partial charge in [0.05, 0.1) is 12.3 Å². The number of amides is 1. The Kier molecular flexibility index (Phi) is 6.73. The van der Waals surface area contributed by atoms with E-state index in [1.165, 1.54) is 11.3 Å². The lowest BCUT2D eigenvalue weighted by atomic mass is 9.93. The molecule has 2 fully saturated rings. The quantitative estimate of drug-likeness (QED) is 0.308. The Bertz CT molecular complexity index is 1420. The third-order valence-corrected chi connectivity index (χ3v) is 7.77. The number of rotatable bonds is 7. The number of aromatic nitrogens is 5. The van der Waals surface area contributed by atoms with Crippen molar-refractivity contribution in [2.75, 3.05) is 15.5 Å². The Morgan fingerprint density at radius 3 is 2.61 bits per heavy atom. The molecule has 1 aliphatic carbocycles. The molecule has 1 unspecified atom stereocenters. The van der Waals surface area contributed by atoms with E-state index in [9.17, 15) is 9.90 Å². The largest absolute Gasteiger partial charge is 0.415 e. The number of aliphatic hydroxyl groups excluding tert-OH is 1. The van der Waals surface area contributed by atoms with Gasteiger partial charge >= 0.3 is 0 Å². The first kappa shape index (κ1) is 24.4. The van der Waals surface area contributed by atoms with Gasteiger partial charge < -0.3 is 20.2 Å². The summed E-state index contributed by atoms with van der Waals surface area (Å²) in [6.45, 7) is 2.02. The summed E-state index contributed by atoms with van der Waals surface area (Å²) in [6, 6.07) is 11.6. The summed E-state index contributed by atoms with van der Waals surface area (Å²) >= 11 is 1.36. The van der Waals surface area contributed by atoms with Crippen molar-refractivity contribution in [1.82, 2.24) is 25.1 Å². The summed E-state index contributed by atoms with van der Waals surface area (Å²) in [6.07, 6.45) is 5.88. The Labute approximate surface area is 223 Å².